The molecule has 102 valence electrons. The highest BCUT2D eigenvalue weighted by Crippen LogP contribution is 2.21. The first-order valence-corrected chi connectivity index (χ1v) is 6.57. The Hall–Kier alpha value is -1.91. The van der Waals surface area contributed by atoms with Crippen LogP contribution in [0.2, 0.25) is 0 Å². The molecule has 2 heterocycles. The van der Waals surface area contributed by atoms with Crippen LogP contribution in [0.3, 0.4) is 0 Å². The van der Waals surface area contributed by atoms with Crippen molar-refractivity contribution in [2.45, 2.75) is 38.6 Å². The van der Waals surface area contributed by atoms with E-state index in [4.69, 9.17) is 0 Å². The molecule has 5 heteroatoms. The summed E-state index contributed by atoms with van der Waals surface area (Å²) in [5.74, 6) is -0.00614. The van der Waals surface area contributed by atoms with Crippen LogP contribution in [-0.4, -0.2) is 34.2 Å². The van der Waals surface area contributed by atoms with Gasteiger partial charge in [-0.1, -0.05) is 0 Å². The highest BCUT2D eigenvalue weighted by molar-refractivity contribution is 5.94. The van der Waals surface area contributed by atoms with Crippen LogP contribution in [0, 0.1) is 0 Å². The summed E-state index contributed by atoms with van der Waals surface area (Å²) in [6.45, 7) is 2.23. The van der Waals surface area contributed by atoms with Gasteiger partial charge in [-0.3, -0.25) is 14.4 Å². The average Bonchev–Trinajstić information content (AvgIpc) is 2.39. The van der Waals surface area contributed by atoms with E-state index < -0.39 is 0 Å². The van der Waals surface area contributed by atoms with E-state index in [0.29, 0.717) is 18.5 Å². The summed E-state index contributed by atoms with van der Waals surface area (Å²) >= 11 is 0. The number of nitrogens with zero attached hydrogens (tertiary/aromatic N) is 1. The standard InChI is InChI=1S/C14H18N2O3/c1-10(17)8-12-4-2-3-7-16(12)14(19)11-5-6-13(18)15-9-11/h5-6,9,12H,2-4,7-8H2,1H3,(H,15,18). The molecule has 1 aliphatic rings. The molecule has 1 aromatic heterocycles. The Morgan fingerprint density at radius 3 is 2.79 bits per heavy atom. The second-order valence-corrected chi connectivity index (χ2v) is 5.00. The summed E-state index contributed by atoms with van der Waals surface area (Å²) in [5, 5.41) is 0. The van der Waals surface area contributed by atoms with Gasteiger partial charge in [-0.05, 0) is 32.3 Å². The molecule has 1 unspecified atom stereocenters. The van der Waals surface area contributed by atoms with Gasteiger partial charge in [0, 0.05) is 31.3 Å². The summed E-state index contributed by atoms with van der Waals surface area (Å²) in [6.07, 6.45) is 4.73. The number of hydrogen-bond donors (Lipinski definition) is 1. The molecule has 1 saturated heterocycles. The average molecular weight is 262 g/mol. The maximum Gasteiger partial charge on any atom is 0.255 e. The number of H-pyrrole nitrogens is 1. The van der Waals surface area contributed by atoms with Crippen LogP contribution >= 0.6 is 0 Å². The molecule has 0 aromatic carbocycles. The predicted octanol–water partition coefficient (Wildman–Crippen LogP) is 1.35. The van der Waals surface area contributed by atoms with Crippen molar-refractivity contribution < 1.29 is 9.59 Å². The molecule has 1 amide bonds. The van der Waals surface area contributed by atoms with Crippen molar-refractivity contribution in [1.82, 2.24) is 9.88 Å². The van der Waals surface area contributed by atoms with Crippen molar-refractivity contribution in [3.63, 3.8) is 0 Å². The van der Waals surface area contributed by atoms with E-state index in [9.17, 15) is 14.4 Å². The van der Waals surface area contributed by atoms with Crippen LogP contribution in [0.25, 0.3) is 0 Å². The van der Waals surface area contributed by atoms with E-state index in [1.54, 1.807) is 11.8 Å². The van der Waals surface area contributed by atoms with Gasteiger partial charge in [0.15, 0.2) is 0 Å². The van der Waals surface area contributed by atoms with Crippen LogP contribution in [0.15, 0.2) is 23.1 Å². The third-order valence-corrected chi connectivity index (χ3v) is 3.44. The van der Waals surface area contributed by atoms with Crippen molar-refractivity contribution in [1.29, 1.82) is 0 Å². The Morgan fingerprint density at radius 2 is 2.16 bits per heavy atom. The molecule has 0 aliphatic carbocycles. The predicted molar refractivity (Wildman–Crippen MR) is 71.0 cm³/mol. The lowest BCUT2D eigenvalue weighted by molar-refractivity contribution is -0.118. The van der Waals surface area contributed by atoms with E-state index >= 15 is 0 Å². The van der Waals surface area contributed by atoms with E-state index in [0.717, 1.165) is 19.3 Å². The molecular formula is C14H18N2O3. The van der Waals surface area contributed by atoms with Gasteiger partial charge in [-0.25, -0.2) is 0 Å². The Balaban J connectivity index is 2.17. The largest absolute Gasteiger partial charge is 0.335 e. The number of carbonyl (C=O) groups excluding carboxylic acids is 2. The van der Waals surface area contributed by atoms with Gasteiger partial charge in [0.25, 0.3) is 5.91 Å². The SMILES string of the molecule is CC(=O)CC1CCCCN1C(=O)c1ccc(=O)[nH]c1. The summed E-state index contributed by atoms with van der Waals surface area (Å²) in [5.41, 5.74) is 0.241. The van der Waals surface area contributed by atoms with Gasteiger partial charge in [0.2, 0.25) is 5.56 Å². The number of aromatic amines is 1. The van der Waals surface area contributed by atoms with Crippen molar-refractivity contribution in [2.24, 2.45) is 0 Å². The number of nitrogens with one attached hydrogen (secondary N) is 1. The second kappa shape index (κ2) is 5.82. The monoisotopic (exact) mass is 262 g/mol. The molecule has 0 saturated carbocycles. The normalized spacial score (nSPS) is 19.2. The first kappa shape index (κ1) is 13.5. The van der Waals surface area contributed by atoms with Gasteiger partial charge in [-0.15, -0.1) is 0 Å². The molecule has 1 N–H and O–H groups in total. The lowest BCUT2D eigenvalue weighted by Gasteiger charge is -2.35. The van der Waals surface area contributed by atoms with Crippen molar-refractivity contribution >= 4 is 11.7 Å². The zero-order valence-corrected chi connectivity index (χ0v) is 11.0. The number of carbonyl (C=O) groups is 2. The van der Waals surface area contributed by atoms with Crippen LogP contribution in [0.4, 0.5) is 0 Å². The number of pyridine rings is 1. The molecule has 2 rings (SSSR count). The molecule has 1 atom stereocenters. The number of aromatic nitrogens is 1. The summed E-state index contributed by atoms with van der Waals surface area (Å²) in [6, 6.07) is 2.86. The Bertz CT molecular complexity index is 515. The fraction of sp³-hybridized carbons (Fsp3) is 0.500. The summed E-state index contributed by atoms with van der Waals surface area (Å²) < 4.78 is 0. The highest BCUT2D eigenvalue weighted by Gasteiger charge is 2.28. The van der Waals surface area contributed by atoms with Crippen molar-refractivity contribution in [3.8, 4) is 0 Å². The van der Waals surface area contributed by atoms with Crippen LogP contribution < -0.4 is 5.56 Å². The zero-order valence-electron chi connectivity index (χ0n) is 11.0. The number of likely N-dealkylation sites (tertiary alicyclic amines) is 1. The maximum atomic E-state index is 12.4. The highest BCUT2D eigenvalue weighted by atomic mass is 16.2. The number of Topliss-reactive ketones (excluding diaryl/α,β-unsaturated/α-hetero) is 1. The van der Waals surface area contributed by atoms with Gasteiger partial charge >= 0.3 is 0 Å². The van der Waals surface area contributed by atoms with Gasteiger partial charge < -0.3 is 9.88 Å². The smallest absolute Gasteiger partial charge is 0.255 e. The number of piperidine rings is 1. The van der Waals surface area contributed by atoms with E-state index in [2.05, 4.69) is 4.98 Å². The van der Waals surface area contributed by atoms with Gasteiger partial charge in [-0.2, -0.15) is 0 Å². The lowest BCUT2D eigenvalue weighted by Crippen LogP contribution is -2.44. The Morgan fingerprint density at radius 1 is 1.37 bits per heavy atom. The third kappa shape index (κ3) is 3.30. The third-order valence-electron chi connectivity index (χ3n) is 3.44. The molecule has 0 bridgehead atoms. The molecule has 19 heavy (non-hydrogen) atoms. The number of hydrogen-bond acceptors (Lipinski definition) is 3. The minimum Gasteiger partial charge on any atom is -0.335 e. The second-order valence-electron chi connectivity index (χ2n) is 5.00. The van der Waals surface area contributed by atoms with Crippen LogP contribution in [0.5, 0.6) is 0 Å². The molecule has 0 spiro atoms. The minimum atomic E-state index is -0.226. The Labute approximate surface area is 111 Å². The minimum absolute atomic E-state index is 0.00863. The zero-order chi connectivity index (χ0) is 13.8. The Kier molecular flexibility index (Phi) is 4.14. The summed E-state index contributed by atoms with van der Waals surface area (Å²) in [7, 11) is 0. The van der Waals surface area contributed by atoms with Crippen LogP contribution in [0.1, 0.15) is 43.0 Å². The molecule has 0 radical (unpaired) electrons. The number of ketones is 1. The van der Waals surface area contributed by atoms with E-state index in [1.165, 1.54) is 18.3 Å². The molecule has 1 fully saturated rings. The number of rotatable bonds is 3. The first-order chi connectivity index (χ1) is 9.08. The number of amides is 1. The topological polar surface area (TPSA) is 70.2 Å². The van der Waals surface area contributed by atoms with Crippen molar-refractivity contribution in [2.75, 3.05) is 6.54 Å². The fourth-order valence-electron chi connectivity index (χ4n) is 2.52. The van der Waals surface area contributed by atoms with E-state index in [-0.39, 0.29) is 23.3 Å². The molecular weight excluding hydrogens is 244 g/mol. The quantitative estimate of drug-likeness (QED) is 0.893. The molecule has 1 aliphatic heterocycles. The summed E-state index contributed by atoms with van der Waals surface area (Å²) in [4.78, 5) is 38.9. The molecule has 1 aromatic rings. The van der Waals surface area contributed by atoms with Gasteiger partial charge in [0.05, 0.1) is 5.56 Å². The maximum absolute atomic E-state index is 12.4. The van der Waals surface area contributed by atoms with E-state index in [1.807, 2.05) is 0 Å². The molecule has 5 nitrogen and oxygen atoms in total. The fourth-order valence-corrected chi connectivity index (χ4v) is 2.52. The lowest BCUT2D eigenvalue weighted by atomic mass is 9.97. The van der Waals surface area contributed by atoms with Crippen LogP contribution in [-0.2, 0) is 4.79 Å². The van der Waals surface area contributed by atoms with Gasteiger partial charge in [0.1, 0.15) is 5.78 Å². The first-order valence-electron chi connectivity index (χ1n) is 6.57. The van der Waals surface area contributed by atoms with Crippen molar-refractivity contribution in [3.05, 3.63) is 34.2 Å².